The molecule has 1 amide bonds. The molecule has 0 aliphatic heterocycles. The van der Waals surface area contributed by atoms with E-state index in [1.165, 1.54) is 122 Å². The highest BCUT2D eigenvalue weighted by atomic mass is 31.2. The zero-order valence-corrected chi connectivity index (χ0v) is 34.4. The van der Waals surface area contributed by atoms with Gasteiger partial charge in [-0.2, -0.15) is 0 Å². The summed E-state index contributed by atoms with van der Waals surface area (Å²) in [5, 5.41) is 12.7. The Kier molecular flexibility index (Phi) is 38.1. The summed E-state index contributed by atoms with van der Waals surface area (Å²) in [7, 11) is -4.41. The summed E-state index contributed by atoms with van der Waals surface area (Å²) in [5.74, 6) is -0.527. The van der Waals surface area contributed by atoms with Crippen molar-refractivity contribution < 1.29 is 37.9 Å². The van der Waals surface area contributed by atoms with Crippen LogP contribution in [-0.2, 0) is 27.9 Å². The molecule has 0 fully saturated rings. The van der Waals surface area contributed by atoms with Crippen molar-refractivity contribution in [2.45, 2.75) is 206 Å². The van der Waals surface area contributed by atoms with Crippen molar-refractivity contribution in [2.75, 3.05) is 26.4 Å². The molecule has 0 aromatic carbocycles. The van der Waals surface area contributed by atoms with Crippen LogP contribution in [0.2, 0.25) is 0 Å². The number of carbonyl (C=O) groups excluding carboxylic acids is 2. The molecule has 10 heteroatoms. The Morgan fingerprint density at radius 3 is 1.46 bits per heavy atom. The van der Waals surface area contributed by atoms with Gasteiger partial charge >= 0.3 is 13.8 Å². The minimum Gasteiger partial charge on any atom is -0.463 e. The van der Waals surface area contributed by atoms with Gasteiger partial charge in [0.25, 0.3) is 0 Å². The monoisotopic (exact) mass is 758 g/mol. The van der Waals surface area contributed by atoms with Crippen LogP contribution in [0.5, 0.6) is 0 Å². The number of hydrogen-bond acceptors (Lipinski definition) is 7. The lowest BCUT2D eigenvalue weighted by atomic mass is 10.1. The number of carbonyl (C=O) groups is 2. The predicted molar refractivity (Wildman–Crippen MR) is 215 cm³/mol. The number of ether oxygens (including phenoxy) is 1. The van der Waals surface area contributed by atoms with Crippen LogP contribution in [0.25, 0.3) is 0 Å². The lowest BCUT2D eigenvalue weighted by molar-refractivity contribution is -0.147. The molecule has 0 aliphatic rings. The third-order valence-corrected chi connectivity index (χ3v) is 10.1. The van der Waals surface area contributed by atoms with Gasteiger partial charge in [0.2, 0.25) is 5.91 Å². The zero-order valence-electron chi connectivity index (χ0n) is 33.5. The van der Waals surface area contributed by atoms with Crippen LogP contribution in [0.4, 0.5) is 0 Å². The molecule has 0 heterocycles. The molecule has 306 valence electrons. The summed E-state index contributed by atoms with van der Waals surface area (Å²) in [6, 6.07) is 0. The number of allylic oxidation sites excluding steroid dienone is 4. The van der Waals surface area contributed by atoms with Crippen molar-refractivity contribution in [1.82, 2.24) is 5.32 Å². The highest BCUT2D eigenvalue weighted by molar-refractivity contribution is 7.47. The molecular weight excluding hydrogens is 677 g/mol. The lowest BCUT2D eigenvalue weighted by Crippen LogP contribution is -2.27. The van der Waals surface area contributed by atoms with E-state index < -0.39 is 26.5 Å². The van der Waals surface area contributed by atoms with Crippen LogP contribution in [-0.4, -0.2) is 54.3 Å². The highest BCUT2D eigenvalue weighted by Crippen LogP contribution is 2.42. The van der Waals surface area contributed by atoms with Crippen LogP contribution < -0.4 is 5.32 Å². The first-order valence-corrected chi connectivity index (χ1v) is 22.8. The van der Waals surface area contributed by atoms with E-state index in [1.54, 1.807) is 0 Å². The first kappa shape index (κ1) is 50.5. The molecule has 0 rings (SSSR count). The summed E-state index contributed by atoms with van der Waals surface area (Å²) >= 11 is 0. The summed E-state index contributed by atoms with van der Waals surface area (Å²) in [6.07, 6.45) is 41.0. The van der Waals surface area contributed by atoms with E-state index in [0.29, 0.717) is 6.42 Å². The molecule has 3 N–H and O–H groups in total. The van der Waals surface area contributed by atoms with E-state index in [0.717, 1.165) is 51.4 Å². The van der Waals surface area contributed by atoms with Crippen molar-refractivity contribution >= 4 is 19.7 Å². The van der Waals surface area contributed by atoms with Gasteiger partial charge in [-0.3, -0.25) is 18.6 Å². The van der Waals surface area contributed by atoms with Crippen LogP contribution in [0, 0.1) is 0 Å². The number of aliphatic hydroxyl groups is 1. The zero-order chi connectivity index (χ0) is 38.2. The normalized spacial score (nSPS) is 13.5. The Bertz CT molecular complexity index is 912. The molecule has 0 radical (unpaired) electrons. The Morgan fingerprint density at radius 2 is 0.981 bits per heavy atom. The van der Waals surface area contributed by atoms with Gasteiger partial charge in [0, 0.05) is 19.4 Å². The second-order valence-electron chi connectivity index (χ2n) is 14.3. The maximum Gasteiger partial charge on any atom is 0.472 e. The van der Waals surface area contributed by atoms with E-state index in [2.05, 4.69) is 43.5 Å². The van der Waals surface area contributed by atoms with E-state index >= 15 is 0 Å². The van der Waals surface area contributed by atoms with Gasteiger partial charge in [0.1, 0.15) is 12.7 Å². The molecule has 0 bridgehead atoms. The summed E-state index contributed by atoms with van der Waals surface area (Å²) < 4.78 is 26.8. The second kappa shape index (κ2) is 39.2. The van der Waals surface area contributed by atoms with E-state index in [-0.39, 0.29) is 32.1 Å². The molecule has 0 aromatic rings. The standard InChI is InChI=1S/C42H80NO8P/c1-3-5-7-9-11-13-15-17-18-19-20-21-23-25-27-29-31-33-35-42(46)49-38-40(44)39-51-52(47,48)50-37-36-43-41(45)34-32-30-28-26-24-22-16-14-12-10-8-6-4-2/h14,16,18-19,40,44H,3-13,15,17,20-39H2,1-2H3,(H,43,45)(H,47,48)/b16-14-,19-18-. The molecule has 2 unspecified atom stereocenters. The van der Waals surface area contributed by atoms with Crippen LogP contribution >= 0.6 is 7.82 Å². The van der Waals surface area contributed by atoms with Crippen molar-refractivity contribution in [3.63, 3.8) is 0 Å². The molecule has 0 spiro atoms. The van der Waals surface area contributed by atoms with E-state index in [9.17, 15) is 24.2 Å². The lowest BCUT2D eigenvalue weighted by Gasteiger charge is -2.15. The highest BCUT2D eigenvalue weighted by Gasteiger charge is 2.23. The Labute approximate surface area is 319 Å². The van der Waals surface area contributed by atoms with Crippen LogP contribution in [0.1, 0.15) is 200 Å². The number of phosphoric ester groups is 1. The van der Waals surface area contributed by atoms with E-state index in [1.807, 2.05) is 0 Å². The average molecular weight is 758 g/mol. The summed E-state index contributed by atoms with van der Waals surface area (Å²) in [4.78, 5) is 33.8. The number of unbranched alkanes of at least 4 members (excludes halogenated alkanes) is 23. The molecular formula is C42H80NO8P. The summed E-state index contributed by atoms with van der Waals surface area (Å²) in [5.41, 5.74) is 0. The number of amides is 1. The van der Waals surface area contributed by atoms with Gasteiger partial charge in [-0.1, -0.05) is 147 Å². The van der Waals surface area contributed by atoms with Crippen molar-refractivity contribution in [2.24, 2.45) is 0 Å². The molecule has 0 saturated heterocycles. The smallest absolute Gasteiger partial charge is 0.463 e. The fourth-order valence-corrected chi connectivity index (χ4v) is 6.60. The third-order valence-electron chi connectivity index (χ3n) is 9.10. The molecule has 0 aliphatic carbocycles. The fraction of sp³-hybridized carbons (Fsp3) is 0.857. The van der Waals surface area contributed by atoms with E-state index in [4.69, 9.17) is 13.8 Å². The number of hydrogen-bond donors (Lipinski definition) is 3. The SMILES string of the molecule is CCCCCC/C=C\CCCCCCCC(=O)NCCOP(=O)(O)OCC(O)COC(=O)CCCCCCCCC/C=C\CCCCCCCCC. The Balaban J connectivity index is 3.60. The Morgan fingerprint density at radius 1 is 0.577 bits per heavy atom. The average Bonchev–Trinajstić information content (AvgIpc) is 3.13. The van der Waals surface area contributed by atoms with Gasteiger partial charge in [-0.25, -0.2) is 4.57 Å². The van der Waals surface area contributed by atoms with Crippen molar-refractivity contribution in [3.8, 4) is 0 Å². The first-order chi connectivity index (χ1) is 25.3. The number of rotatable bonds is 40. The quantitative estimate of drug-likeness (QED) is 0.0244. The van der Waals surface area contributed by atoms with Gasteiger partial charge in [-0.15, -0.1) is 0 Å². The second-order valence-corrected chi connectivity index (χ2v) is 15.8. The van der Waals surface area contributed by atoms with Crippen molar-refractivity contribution in [1.29, 1.82) is 0 Å². The number of esters is 1. The minimum atomic E-state index is -4.41. The minimum absolute atomic E-state index is 0.0781. The van der Waals surface area contributed by atoms with Gasteiger partial charge in [0.05, 0.1) is 13.2 Å². The molecule has 0 saturated carbocycles. The number of aliphatic hydroxyl groups excluding tert-OH is 1. The summed E-state index contributed by atoms with van der Waals surface area (Å²) in [6.45, 7) is 3.53. The number of nitrogens with one attached hydrogen (secondary N) is 1. The van der Waals surface area contributed by atoms with Crippen LogP contribution in [0.15, 0.2) is 24.3 Å². The molecule has 52 heavy (non-hydrogen) atoms. The first-order valence-electron chi connectivity index (χ1n) is 21.3. The topological polar surface area (TPSA) is 131 Å². The third kappa shape index (κ3) is 39.7. The largest absolute Gasteiger partial charge is 0.472 e. The molecule has 2 atom stereocenters. The maximum absolute atomic E-state index is 12.1. The van der Waals surface area contributed by atoms with Crippen molar-refractivity contribution in [3.05, 3.63) is 24.3 Å². The molecule has 9 nitrogen and oxygen atoms in total. The fourth-order valence-electron chi connectivity index (χ4n) is 5.84. The van der Waals surface area contributed by atoms with Crippen LogP contribution in [0.3, 0.4) is 0 Å². The maximum atomic E-state index is 12.1. The van der Waals surface area contributed by atoms with Gasteiger partial charge in [-0.05, 0) is 64.2 Å². The Hall–Kier alpha value is -1.51. The number of phosphoric acid groups is 1. The predicted octanol–water partition coefficient (Wildman–Crippen LogP) is 11.6. The van der Waals surface area contributed by atoms with Gasteiger partial charge in [0.15, 0.2) is 0 Å². The molecule has 0 aromatic heterocycles. The van der Waals surface area contributed by atoms with Gasteiger partial charge < -0.3 is 20.1 Å².